The van der Waals surface area contributed by atoms with Crippen LogP contribution in [0.4, 0.5) is 0 Å². The van der Waals surface area contributed by atoms with Crippen molar-refractivity contribution >= 4 is 0 Å². The van der Waals surface area contributed by atoms with Gasteiger partial charge in [-0.05, 0) is 51.4 Å². The number of ether oxygens (including phenoxy) is 1. The van der Waals surface area contributed by atoms with Gasteiger partial charge in [0, 0.05) is 18.7 Å². The van der Waals surface area contributed by atoms with E-state index in [0.29, 0.717) is 12.1 Å². The first-order valence-corrected chi connectivity index (χ1v) is 7.15. The largest absolute Gasteiger partial charge is 0.378 e. The normalized spacial score (nSPS) is 40.9. The molecule has 2 aliphatic rings. The molecule has 0 radical (unpaired) electrons. The summed E-state index contributed by atoms with van der Waals surface area (Å²) in [5, 5.41) is 3.85. The molecular formula is C14H27NO. The molecule has 2 nitrogen and oxygen atoms in total. The van der Waals surface area contributed by atoms with Crippen molar-refractivity contribution in [1.82, 2.24) is 5.32 Å². The van der Waals surface area contributed by atoms with Crippen LogP contribution in [0.1, 0.15) is 58.8 Å². The predicted octanol–water partition coefficient (Wildman–Crippen LogP) is 3.11. The van der Waals surface area contributed by atoms with E-state index in [-0.39, 0.29) is 0 Å². The molecule has 0 amide bonds. The molecule has 1 N–H and O–H groups in total. The van der Waals surface area contributed by atoms with E-state index in [2.05, 4.69) is 19.2 Å². The fourth-order valence-corrected chi connectivity index (χ4v) is 3.22. The molecule has 1 aliphatic heterocycles. The summed E-state index contributed by atoms with van der Waals surface area (Å²) in [5.41, 5.74) is 0. The van der Waals surface area contributed by atoms with Crippen molar-refractivity contribution in [3.63, 3.8) is 0 Å². The molecule has 0 aromatic carbocycles. The quantitative estimate of drug-likeness (QED) is 0.797. The monoisotopic (exact) mass is 225 g/mol. The van der Waals surface area contributed by atoms with Crippen molar-refractivity contribution in [1.29, 1.82) is 0 Å². The van der Waals surface area contributed by atoms with Crippen LogP contribution in [0, 0.1) is 5.92 Å². The van der Waals surface area contributed by atoms with Crippen molar-refractivity contribution in [2.24, 2.45) is 5.92 Å². The van der Waals surface area contributed by atoms with Gasteiger partial charge in [0.15, 0.2) is 0 Å². The topological polar surface area (TPSA) is 21.3 Å². The molecule has 2 rings (SSSR count). The van der Waals surface area contributed by atoms with Gasteiger partial charge in [0.1, 0.15) is 0 Å². The first kappa shape index (κ1) is 12.4. The zero-order valence-corrected chi connectivity index (χ0v) is 10.9. The van der Waals surface area contributed by atoms with E-state index in [0.717, 1.165) is 18.6 Å². The smallest absolute Gasteiger partial charge is 0.0561 e. The van der Waals surface area contributed by atoms with Gasteiger partial charge in [-0.25, -0.2) is 0 Å². The highest BCUT2D eigenvalue weighted by Gasteiger charge is 2.25. The summed E-state index contributed by atoms with van der Waals surface area (Å²) in [4.78, 5) is 0. The fraction of sp³-hybridized carbons (Fsp3) is 1.00. The third-order valence-electron chi connectivity index (χ3n) is 4.38. The van der Waals surface area contributed by atoms with Crippen molar-refractivity contribution in [3.8, 4) is 0 Å². The van der Waals surface area contributed by atoms with Crippen LogP contribution in [0.15, 0.2) is 0 Å². The minimum atomic E-state index is 0.457. The number of hydrogen-bond donors (Lipinski definition) is 1. The average Bonchev–Trinajstić information content (AvgIpc) is 2.30. The Morgan fingerprint density at radius 3 is 2.44 bits per heavy atom. The lowest BCUT2D eigenvalue weighted by Crippen LogP contribution is -2.44. The van der Waals surface area contributed by atoms with Gasteiger partial charge < -0.3 is 10.1 Å². The van der Waals surface area contributed by atoms with E-state index in [9.17, 15) is 0 Å². The molecule has 2 heteroatoms. The second kappa shape index (κ2) is 6.02. The second-order valence-electron chi connectivity index (χ2n) is 5.70. The first-order chi connectivity index (χ1) is 7.78. The van der Waals surface area contributed by atoms with E-state index in [4.69, 9.17) is 4.74 Å². The lowest BCUT2D eigenvalue weighted by Gasteiger charge is -2.35. The van der Waals surface area contributed by atoms with E-state index >= 15 is 0 Å². The van der Waals surface area contributed by atoms with E-state index in [1.807, 2.05) is 0 Å². The SMILES string of the molecule is CCC1CCC(NC2CCOC(C)C2)CC1. The lowest BCUT2D eigenvalue weighted by atomic mass is 9.84. The van der Waals surface area contributed by atoms with Crippen LogP contribution in [0.5, 0.6) is 0 Å². The van der Waals surface area contributed by atoms with Crippen LogP contribution in [-0.2, 0) is 4.74 Å². The van der Waals surface area contributed by atoms with Gasteiger partial charge >= 0.3 is 0 Å². The fourth-order valence-electron chi connectivity index (χ4n) is 3.22. The Morgan fingerprint density at radius 2 is 1.81 bits per heavy atom. The predicted molar refractivity (Wildman–Crippen MR) is 67.6 cm³/mol. The highest BCUT2D eigenvalue weighted by Crippen LogP contribution is 2.27. The molecule has 2 unspecified atom stereocenters. The second-order valence-corrected chi connectivity index (χ2v) is 5.70. The van der Waals surface area contributed by atoms with Gasteiger partial charge in [-0.1, -0.05) is 13.3 Å². The van der Waals surface area contributed by atoms with E-state index in [1.165, 1.54) is 44.9 Å². The van der Waals surface area contributed by atoms with Gasteiger partial charge in [0.25, 0.3) is 0 Å². The number of rotatable bonds is 3. The summed E-state index contributed by atoms with van der Waals surface area (Å²) in [6.45, 7) is 5.48. The van der Waals surface area contributed by atoms with Crippen LogP contribution in [-0.4, -0.2) is 24.8 Å². The first-order valence-electron chi connectivity index (χ1n) is 7.15. The summed E-state index contributed by atoms with van der Waals surface area (Å²) in [7, 11) is 0. The van der Waals surface area contributed by atoms with E-state index < -0.39 is 0 Å². The number of nitrogens with one attached hydrogen (secondary N) is 1. The Labute approximate surface area is 100 Å². The summed E-state index contributed by atoms with van der Waals surface area (Å²) in [6, 6.07) is 1.50. The maximum Gasteiger partial charge on any atom is 0.0561 e. The zero-order valence-electron chi connectivity index (χ0n) is 10.9. The van der Waals surface area contributed by atoms with Crippen molar-refractivity contribution in [2.75, 3.05) is 6.61 Å². The maximum absolute atomic E-state index is 5.59. The Balaban J connectivity index is 1.69. The minimum absolute atomic E-state index is 0.457. The third kappa shape index (κ3) is 3.46. The number of hydrogen-bond acceptors (Lipinski definition) is 2. The molecule has 94 valence electrons. The Hall–Kier alpha value is -0.0800. The van der Waals surface area contributed by atoms with Crippen molar-refractivity contribution in [2.45, 2.75) is 77.0 Å². The Kier molecular flexibility index (Phi) is 4.66. The summed E-state index contributed by atoms with van der Waals surface area (Å²) >= 11 is 0. The lowest BCUT2D eigenvalue weighted by molar-refractivity contribution is 0.00993. The van der Waals surface area contributed by atoms with Crippen molar-refractivity contribution in [3.05, 3.63) is 0 Å². The molecular weight excluding hydrogens is 198 g/mol. The molecule has 1 heterocycles. The maximum atomic E-state index is 5.59. The van der Waals surface area contributed by atoms with Crippen LogP contribution in [0.25, 0.3) is 0 Å². The highest BCUT2D eigenvalue weighted by atomic mass is 16.5. The standard InChI is InChI=1S/C14H27NO/c1-3-12-4-6-13(7-5-12)15-14-8-9-16-11(2)10-14/h11-15H,3-10H2,1-2H3. The molecule has 1 saturated carbocycles. The summed E-state index contributed by atoms with van der Waals surface area (Å²) in [6.07, 6.45) is 9.90. The molecule has 1 saturated heterocycles. The summed E-state index contributed by atoms with van der Waals surface area (Å²) in [5.74, 6) is 1.01. The molecule has 0 bridgehead atoms. The van der Waals surface area contributed by atoms with Crippen molar-refractivity contribution < 1.29 is 4.74 Å². The Bertz CT molecular complexity index is 199. The molecule has 0 aromatic heterocycles. The van der Waals surface area contributed by atoms with Crippen LogP contribution >= 0.6 is 0 Å². The van der Waals surface area contributed by atoms with Gasteiger partial charge in [-0.2, -0.15) is 0 Å². The van der Waals surface area contributed by atoms with Crippen LogP contribution < -0.4 is 5.32 Å². The summed E-state index contributed by atoms with van der Waals surface area (Å²) < 4.78 is 5.59. The van der Waals surface area contributed by atoms with Gasteiger partial charge in [-0.15, -0.1) is 0 Å². The molecule has 0 spiro atoms. The minimum Gasteiger partial charge on any atom is -0.378 e. The highest BCUT2D eigenvalue weighted by molar-refractivity contribution is 4.82. The van der Waals surface area contributed by atoms with Gasteiger partial charge in [0.2, 0.25) is 0 Å². The van der Waals surface area contributed by atoms with E-state index in [1.54, 1.807) is 0 Å². The molecule has 1 aliphatic carbocycles. The van der Waals surface area contributed by atoms with Gasteiger partial charge in [-0.3, -0.25) is 0 Å². The van der Waals surface area contributed by atoms with Crippen LogP contribution in [0.2, 0.25) is 0 Å². The van der Waals surface area contributed by atoms with Gasteiger partial charge in [0.05, 0.1) is 6.10 Å². The average molecular weight is 225 g/mol. The Morgan fingerprint density at radius 1 is 1.06 bits per heavy atom. The molecule has 16 heavy (non-hydrogen) atoms. The zero-order chi connectivity index (χ0) is 11.4. The molecule has 2 atom stereocenters. The molecule has 2 fully saturated rings. The third-order valence-corrected chi connectivity index (χ3v) is 4.38. The van der Waals surface area contributed by atoms with Crippen LogP contribution in [0.3, 0.4) is 0 Å². The molecule has 0 aromatic rings.